The van der Waals surface area contributed by atoms with Gasteiger partial charge in [0.15, 0.2) is 17.4 Å². The van der Waals surface area contributed by atoms with E-state index in [-0.39, 0.29) is 6.03 Å². The van der Waals surface area contributed by atoms with Gasteiger partial charge in [-0.1, -0.05) is 6.07 Å². The number of rotatable bonds is 5. The summed E-state index contributed by atoms with van der Waals surface area (Å²) in [7, 11) is 1.61. The zero-order chi connectivity index (χ0) is 20.8. The maximum absolute atomic E-state index is 12.1. The van der Waals surface area contributed by atoms with E-state index in [1.54, 1.807) is 49.8 Å². The Balaban J connectivity index is 1.47. The minimum Gasteiger partial charge on any atom is -0.491 e. The Labute approximate surface area is 174 Å². The highest BCUT2D eigenvalue weighted by molar-refractivity contribution is 5.99. The van der Waals surface area contributed by atoms with E-state index in [1.807, 2.05) is 12.1 Å². The monoisotopic (exact) mass is 406 g/mol. The summed E-state index contributed by atoms with van der Waals surface area (Å²) < 4.78 is 10.9. The van der Waals surface area contributed by atoms with E-state index >= 15 is 0 Å². The number of anilines is 3. The van der Waals surface area contributed by atoms with Crippen molar-refractivity contribution in [3.63, 3.8) is 0 Å². The van der Waals surface area contributed by atoms with Crippen LogP contribution < -0.4 is 20.3 Å². The van der Waals surface area contributed by atoms with Crippen LogP contribution in [0.2, 0.25) is 0 Å². The average Bonchev–Trinajstić information content (AvgIpc) is 2.80. The van der Waals surface area contributed by atoms with Crippen molar-refractivity contribution in [2.75, 3.05) is 48.9 Å². The zero-order valence-corrected chi connectivity index (χ0v) is 16.5. The minimum atomic E-state index is -0.364. The normalized spacial score (nSPS) is 13.6. The highest BCUT2D eigenvalue weighted by Gasteiger charge is 2.18. The molecule has 4 rings (SSSR count). The highest BCUT2D eigenvalue weighted by atomic mass is 16.5. The molecule has 30 heavy (non-hydrogen) atoms. The summed E-state index contributed by atoms with van der Waals surface area (Å²) in [5, 5.41) is 5.46. The molecule has 2 amide bonds. The number of morpholine rings is 1. The number of benzene rings is 1. The van der Waals surface area contributed by atoms with Crippen LogP contribution >= 0.6 is 0 Å². The van der Waals surface area contributed by atoms with E-state index < -0.39 is 0 Å². The van der Waals surface area contributed by atoms with Crippen LogP contribution in [-0.2, 0) is 4.74 Å². The molecule has 1 saturated heterocycles. The molecule has 2 N–H and O–H groups in total. The van der Waals surface area contributed by atoms with Gasteiger partial charge in [-0.05, 0) is 36.4 Å². The van der Waals surface area contributed by atoms with Gasteiger partial charge in [0.1, 0.15) is 5.82 Å². The second-order valence-electron chi connectivity index (χ2n) is 6.56. The number of methoxy groups -OCH3 is 1. The molecule has 0 bridgehead atoms. The standard InChI is InChI=1S/C21H22N6O3/c1-29-17-14-23-19(26-20(17)27-10-12-30-13-11-27)15-5-7-16(8-6-15)24-21(28)25-18-4-2-3-9-22-18/h2-9,14H,10-13H2,1H3,(H2,22,24,25,28). The third kappa shape index (κ3) is 4.64. The molecule has 3 aromatic rings. The van der Waals surface area contributed by atoms with E-state index in [2.05, 4.69) is 25.5 Å². The Kier molecular flexibility index (Phi) is 6.00. The number of nitrogens with zero attached hydrogens (tertiary/aromatic N) is 4. The molecule has 3 heterocycles. The average molecular weight is 406 g/mol. The van der Waals surface area contributed by atoms with Crippen molar-refractivity contribution < 1.29 is 14.3 Å². The van der Waals surface area contributed by atoms with Crippen molar-refractivity contribution in [3.05, 3.63) is 54.9 Å². The molecule has 9 heteroatoms. The van der Waals surface area contributed by atoms with E-state index in [0.29, 0.717) is 36.3 Å². The number of nitrogens with one attached hydrogen (secondary N) is 2. The number of hydrogen-bond acceptors (Lipinski definition) is 7. The van der Waals surface area contributed by atoms with E-state index in [4.69, 9.17) is 14.5 Å². The van der Waals surface area contributed by atoms with Crippen molar-refractivity contribution in [2.24, 2.45) is 0 Å². The molecule has 1 aliphatic heterocycles. The molecule has 9 nitrogen and oxygen atoms in total. The Hall–Kier alpha value is -3.72. The van der Waals surface area contributed by atoms with Crippen molar-refractivity contribution in [2.45, 2.75) is 0 Å². The number of ether oxygens (including phenoxy) is 2. The van der Waals surface area contributed by atoms with E-state index in [0.717, 1.165) is 24.5 Å². The summed E-state index contributed by atoms with van der Waals surface area (Å²) in [5.74, 6) is 2.45. The van der Waals surface area contributed by atoms with Crippen LogP contribution in [0.25, 0.3) is 11.4 Å². The number of aromatic nitrogens is 3. The molecule has 0 saturated carbocycles. The summed E-state index contributed by atoms with van der Waals surface area (Å²) in [5.41, 5.74) is 1.48. The Bertz CT molecular complexity index is 991. The first-order valence-corrected chi connectivity index (χ1v) is 9.56. The van der Waals surface area contributed by atoms with Gasteiger partial charge < -0.3 is 19.7 Å². The number of urea groups is 1. The SMILES string of the molecule is COc1cnc(-c2ccc(NC(=O)Nc3ccccn3)cc2)nc1N1CCOCC1. The zero-order valence-electron chi connectivity index (χ0n) is 16.5. The smallest absolute Gasteiger partial charge is 0.324 e. The molecule has 154 valence electrons. The fourth-order valence-corrected chi connectivity index (χ4v) is 3.06. The van der Waals surface area contributed by atoms with Gasteiger partial charge >= 0.3 is 6.03 Å². The number of carbonyl (C=O) groups is 1. The molecule has 1 aliphatic rings. The topological polar surface area (TPSA) is 102 Å². The Morgan fingerprint density at radius 3 is 2.57 bits per heavy atom. The Morgan fingerprint density at radius 2 is 1.87 bits per heavy atom. The van der Waals surface area contributed by atoms with Crippen LogP contribution in [0.1, 0.15) is 0 Å². The predicted octanol–water partition coefficient (Wildman–Crippen LogP) is 3.03. The fraction of sp³-hybridized carbons (Fsp3) is 0.238. The second-order valence-corrected chi connectivity index (χ2v) is 6.56. The maximum atomic E-state index is 12.1. The predicted molar refractivity (Wildman–Crippen MR) is 114 cm³/mol. The van der Waals surface area contributed by atoms with Crippen molar-refractivity contribution in [1.82, 2.24) is 15.0 Å². The summed E-state index contributed by atoms with van der Waals surface area (Å²) >= 11 is 0. The van der Waals surface area contributed by atoms with Gasteiger partial charge in [0.05, 0.1) is 26.5 Å². The maximum Gasteiger partial charge on any atom is 0.324 e. The molecule has 2 aromatic heterocycles. The third-order valence-corrected chi connectivity index (χ3v) is 4.57. The van der Waals surface area contributed by atoms with E-state index in [9.17, 15) is 4.79 Å². The van der Waals surface area contributed by atoms with Crippen LogP contribution in [-0.4, -0.2) is 54.4 Å². The fourth-order valence-electron chi connectivity index (χ4n) is 3.06. The summed E-state index contributed by atoms with van der Waals surface area (Å²) in [6, 6.07) is 12.3. The molecule has 0 atom stereocenters. The molecule has 0 radical (unpaired) electrons. The van der Waals surface area contributed by atoms with Crippen LogP contribution in [0.15, 0.2) is 54.9 Å². The van der Waals surface area contributed by atoms with Crippen molar-refractivity contribution in [1.29, 1.82) is 0 Å². The van der Waals surface area contributed by atoms with Gasteiger partial charge in [-0.3, -0.25) is 5.32 Å². The van der Waals surface area contributed by atoms with E-state index in [1.165, 1.54) is 0 Å². The molecular weight excluding hydrogens is 384 g/mol. The number of amides is 2. The van der Waals surface area contributed by atoms with Gasteiger partial charge in [0.2, 0.25) is 0 Å². The highest BCUT2D eigenvalue weighted by Crippen LogP contribution is 2.29. The quantitative estimate of drug-likeness (QED) is 0.671. The largest absolute Gasteiger partial charge is 0.491 e. The molecule has 1 fully saturated rings. The molecule has 0 aliphatic carbocycles. The third-order valence-electron chi connectivity index (χ3n) is 4.57. The lowest BCUT2D eigenvalue weighted by Gasteiger charge is -2.28. The van der Waals surface area contributed by atoms with Crippen molar-refractivity contribution in [3.8, 4) is 17.1 Å². The number of hydrogen-bond donors (Lipinski definition) is 2. The summed E-state index contributed by atoms with van der Waals surface area (Å²) in [4.78, 5) is 27.4. The second kappa shape index (κ2) is 9.19. The lowest BCUT2D eigenvalue weighted by atomic mass is 10.2. The molecule has 0 unspecified atom stereocenters. The number of pyridine rings is 1. The lowest BCUT2D eigenvalue weighted by Crippen LogP contribution is -2.37. The minimum absolute atomic E-state index is 0.364. The van der Waals surface area contributed by atoms with Gasteiger partial charge in [-0.15, -0.1) is 0 Å². The van der Waals surface area contributed by atoms with Gasteiger partial charge in [-0.2, -0.15) is 0 Å². The van der Waals surface area contributed by atoms with Crippen LogP contribution in [0, 0.1) is 0 Å². The lowest BCUT2D eigenvalue weighted by molar-refractivity contribution is 0.122. The molecule has 1 aromatic carbocycles. The van der Waals surface area contributed by atoms with Crippen LogP contribution in [0.5, 0.6) is 5.75 Å². The van der Waals surface area contributed by atoms with Gasteiger partial charge in [0.25, 0.3) is 0 Å². The summed E-state index contributed by atoms with van der Waals surface area (Å²) in [6.45, 7) is 2.81. The van der Waals surface area contributed by atoms with Gasteiger partial charge in [-0.25, -0.2) is 19.7 Å². The first kappa shape index (κ1) is 19.6. The summed E-state index contributed by atoms with van der Waals surface area (Å²) in [6.07, 6.45) is 3.30. The molecular formula is C21H22N6O3. The van der Waals surface area contributed by atoms with Crippen LogP contribution in [0.4, 0.5) is 22.1 Å². The number of carbonyl (C=O) groups excluding carboxylic acids is 1. The van der Waals surface area contributed by atoms with Gasteiger partial charge in [0, 0.05) is 30.5 Å². The first-order valence-electron chi connectivity index (χ1n) is 9.56. The van der Waals surface area contributed by atoms with Crippen molar-refractivity contribution >= 4 is 23.4 Å². The molecule has 0 spiro atoms. The van der Waals surface area contributed by atoms with Crippen LogP contribution in [0.3, 0.4) is 0 Å². The Morgan fingerprint density at radius 1 is 1.07 bits per heavy atom. The first-order chi connectivity index (χ1) is 14.7.